The van der Waals surface area contributed by atoms with Gasteiger partial charge in [-0.15, -0.1) is 23.2 Å². The Kier molecular flexibility index (Phi) is 5.46. The maximum absolute atomic E-state index is 12.2. The molecule has 0 aliphatic heterocycles. The molecular formula is C12H16Cl2N4O3S. The van der Waals surface area contributed by atoms with Crippen molar-refractivity contribution in [2.75, 3.05) is 5.32 Å². The number of sulfonamides is 1. The zero-order chi connectivity index (χ0) is 16.3. The molecule has 1 aliphatic carbocycles. The van der Waals surface area contributed by atoms with Crippen molar-refractivity contribution in [2.45, 2.75) is 42.2 Å². The number of halogens is 2. The first-order valence-electron chi connectivity index (χ1n) is 6.68. The standard InChI is InChI=1S/C12H16Cl2N4O3S/c1-7-4-5-15-11(16-7)17-12(19)18-22(20,21)8-2-3-9(13)10(14)6-8/h4-5,8-10H,2-3,6H2,1H3,(H2,15,16,17,18,19). The SMILES string of the molecule is Cc1ccnc(NC(=O)NS(=O)(=O)C2CCC(Cl)C(Cl)C2)n1. The zero-order valence-electron chi connectivity index (χ0n) is 11.8. The number of hydrogen-bond acceptors (Lipinski definition) is 5. The van der Waals surface area contributed by atoms with Crippen LogP contribution in [0.3, 0.4) is 0 Å². The van der Waals surface area contributed by atoms with Crippen LogP contribution in [-0.4, -0.2) is 40.4 Å². The Hall–Kier alpha value is -1.12. The van der Waals surface area contributed by atoms with Gasteiger partial charge in [-0.1, -0.05) is 0 Å². The number of nitrogens with zero attached hydrogens (tertiary/aromatic N) is 2. The number of nitrogens with one attached hydrogen (secondary N) is 2. The van der Waals surface area contributed by atoms with Crippen molar-refractivity contribution in [2.24, 2.45) is 0 Å². The van der Waals surface area contributed by atoms with E-state index in [0.717, 1.165) is 0 Å². The Labute approximate surface area is 138 Å². The number of rotatable bonds is 3. The fraction of sp³-hybridized carbons (Fsp3) is 0.583. The summed E-state index contributed by atoms with van der Waals surface area (Å²) in [7, 11) is -3.83. The summed E-state index contributed by atoms with van der Waals surface area (Å²) in [5, 5.41) is 0.868. The predicted molar refractivity (Wildman–Crippen MR) is 84.8 cm³/mol. The first-order valence-corrected chi connectivity index (χ1v) is 9.10. The van der Waals surface area contributed by atoms with Gasteiger partial charge in [0, 0.05) is 11.9 Å². The number of carbonyl (C=O) groups is 1. The van der Waals surface area contributed by atoms with Gasteiger partial charge in [0.2, 0.25) is 16.0 Å². The Morgan fingerprint density at radius 3 is 2.68 bits per heavy atom. The van der Waals surface area contributed by atoms with Crippen LogP contribution in [0.4, 0.5) is 10.7 Å². The van der Waals surface area contributed by atoms with Crippen molar-refractivity contribution < 1.29 is 13.2 Å². The highest BCUT2D eigenvalue weighted by molar-refractivity contribution is 7.90. The molecule has 1 heterocycles. The number of aryl methyl sites for hydroxylation is 1. The van der Waals surface area contributed by atoms with Crippen molar-refractivity contribution in [3.63, 3.8) is 0 Å². The van der Waals surface area contributed by atoms with E-state index in [2.05, 4.69) is 15.3 Å². The summed E-state index contributed by atoms with van der Waals surface area (Å²) in [6.07, 6.45) is 2.52. The molecule has 2 N–H and O–H groups in total. The van der Waals surface area contributed by atoms with E-state index in [9.17, 15) is 13.2 Å². The fourth-order valence-corrected chi connectivity index (χ4v) is 4.23. The molecular weight excluding hydrogens is 351 g/mol. The molecule has 0 radical (unpaired) electrons. The van der Waals surface area contributed by atoms with Crippen molar-refractivity contribution in [3.05, 3.63) is 18.0 Å². The summed E-state index contributed by atoms with van der Waals surface area (Å²) in [6.45, 7) is 1.73. The van der Waals surface area contributed by atoms with Crippen LogP contribution < -0.4 is 10.0 Å². The van der Waals surface area contributed by atoms with Crippen LogP contribution in [0.15, 0.2) is 12.3 Å². The minimum Gasteiger partial charge on any atom is -0.275 e. The minimum atomic E-state index is -3.83. The maximum Gasteiger partial charge on any atom is 0.335 e. The Morgan fingerprint density at radius 1 is 1.32 bits per heavy atom. The predicted octanol–water partition coefficient (Wildman–Crippen LogP) is 2.00. The zero-order valence-corrected chi connectivity index (χ0v) is 14.1. The highest BCUT2D eigenvalue weighted by Gasteiger charge is 2.36. The molecule has 0 aromatic carbocycles. The lowest BCUT2D eigenvalue weighted by Crippen LogP contribution is -2.44. The number of urea groups is 1. The Bertz CT molecular complexity index is 656. The lowest BCUT2D eigenvalue weighted by molar-refractivity contribution is 0.256. The molecule has 7 nitrogen and oxygen atoms in total. The molecule has 122 valence electrons. The molecule has 1 saturated carbocycles. The van der Waals surface area contributed by atoms with E-state index >= 15 is 0 Å². The van der Waals surface area contributed by atoms with Crippen molar-refractivity contribution >= 4 is 45.2 Å². The molecule has 0 spiro atoms. The number of aromatic nitrogens is 2. The number of carbonyl (C=O) groups excluding carboxylic acids is 1. The summed E-state index contributed by atoms with van der Waals surface area (Å²) < 4.78 is 26.4. The highest BCUT2D eigenvalue weighted by Crippen LogP contribution is 2.30. The van der Waals surface area contributed by atoms with Crippen molar-refractivity contribution in [3.8, 4) is 0 Å². The number of hydrogen-bond donors (Lipinski definition) is 2. The third-order valence-corrected chi connectivity index (χ3v) is 6.25. The second-order valence-corrected chi connectivity index (χ2v) is 8.17. The van der Waals surface area contributed by atoms with Gasteiger partial charge in [0.05, 0.1) is 16.0 Å². The second kappa shape index (κ2) is 6.97. The number of amides is 2. The molecule has 0 saturated heterocycles. The summed E-state index contributed by atoms with van der Waals surface area (Å²) >= 11 is 12.0. The fourth-order valence-electron chi connectivity index (χ4n) is 2.17. The molecule has 3 atom stereocenters. The molecule has 1 aromatic rings. The van der Waals surface area contributed by atoms with Crippen LogP contribution in [-0.2, 0) is 10.0 Å². The summed E-state index contributed by atoms with van der Waals surface area (Å²) in [4.78, 5) is 19.6. The molecule has 0 bridgehead atoms. The quantitative estimate of drug-likeness (QED) is 0.796. The van der Waals surface area contributed by atoms with Crippen LogP contribution in [0.5, 0.6) is 0 Å². The second-order valence-electron chi connectivity index (χ2n) is 5.09. The van der Waals surface area contributed by atoms with E-state index in [4.69, 9.17) is 23.2 Å². The van der Waals surface area contributed by atoms with E-state index in [1.807, 2.05) is 4.72 Å². The van der Waals surface area contributed by atoms with Crippen LogP contribution in [0.1, 0.15) is 25.0 Å². The Balaban J connectivity index is 1.98. The normalized spacial score (nSPS) is 25.5. The largest absolute Gasteiger partial charge is 0.335 e. The molecule has 1 fully saturated rings. The van der Waals surface area contributed by atoms with Gasteiger partial charge in [0.25, 0.3) is 0 Å². The molecule has 1 aromatic heterocycles. The third kappa shape index (κ3) is 4.44. The number of alkyl halides is 2. The maximum atomic E-state index is 12.2. The first kappa shape index (κ1) is 17.2. The summed E-state index contributed by atoms with van der Waals surface area (Å²) in [6, 6.07) is 0.759. The topological polar surface area (TPSA) is 101 Å². The van der Waals surface area contributed by atoms with Gasteiger partial charge in [-0.2, -0.15) is 0 Å². The first-order chi connectivity index (χ1) is 10.3. The van der Waals surface area contributed by atoms with E-state index in [1.165, 1.54) is 6.20 Å². The third-order valence-electron chi connectivity index (χ3n) is 3.34. The van der Waals surface area contributed by atoms with E-state index < -0.39 is 26.7 Å². The van der Waals surface area contributed by atoms with Gasteiger partial charge < -0.3 is 0 Å². The van der Waals surface area contributed by atoms with Gasteiger partial charge >= 0.3 is 6.03 Å². The van der Waals surface area contributed by atoms with E-state index in [-0.39, 0.29) is 17.7 Å². The van der Waals surface area contributed by atoms with Crippen LogP contribution in [0.25, 0.3) is 0 Å². The van der Waals surface area contributed by atoms with Gasteiger partial charge in [-0.25, -0.2) is 27.9 Å². The molecule has 2 rings (SSSR count). The van der Waals surface area contributed by atoms with Gasteiger partial charge in [0.15, 0.2) is 0 Å². The Morgan fingerprint density at radius 2 is 2.05 bits per heavy atom. The minimum absolute atomic E-state index is 0.0346. The van der Waals surface area contributed by atoms with Crippen LogP contribution >= 0.6 is 23.2 Å². The van der Waals surface area contributed by atoms with Crippen molar-refractivity contribution in [1.29, 1.82) is 0 Å². The van der Waals surface area contributed by atoms with Crippen molar-refractivity contribution in [1.82, 2.24) is 14.7 Å². The summed E-state index contributed by atoms with van der Waals surface area (Å²) in [5.41, 5.74) is 0.651. The smallest absolute Gasteiger partial charge is 0.275 e. The lowest BCUT2D eigenvalue weighted by Gasteiger charge is -2.28. The monoisotopic (exact) mass is 366 g/mol. The average molecular weight is 367 g/mol. The average Bonchev–Trinajstić information content (AvgIpc) is 2.41. The molecule has 2 amide bonds. The molecule has 10 heteroatoms. The summed E-state index contributed by atoms with van der Waals surface area (Å²) in [5.74, 6) is 0.0346. The molecule has 22 heavy (non-hydrogen) atoms. The van der Waals surface area contributed by atoms with Gasteiger partial charge in [-0.3, -0.25) is 5.32 Å². The molecule has 3 unspecified atom stereocenters. The number of anilines is 1. The lowest BCUT2D eigenvalue weighted by atomic mass is 9.99. The van der Waals surface area contributed by atoms with E-state index in [0.29, 0.717) is 18.5 Å². The van der Waals surface area contributed by atoms with Crippen LogP contribution in [0.2, 0.25) is 0 Å². The highest BCUT2D eigenvalue weighted by atomic mass is 35.5. The molecule has 1 aliphatic rings. The van der Waals surface area contributed by atoms with Crippen LogP contribution in [0, 0.1) is 6.92 Å². The van der Waals surface area contributed by atoms with E-state index in [1.54, 1.807) is 13.0 Å². The van der Waals surface area contributed by atoms with Gasteiger partial charge in [-0.05, 0) is 32.3 Å². The van der Waals surface area contributed by atoms with Gasteiger partial charge in [0.1, 0.15) is 0 Å².